The minimum atomic E-state index is -3.48. The highest BCUT2D eigenvalue weighted by atomic mass is 32.2. The number of hydrogen-bond acceptors (Lipinski definition) is 3. The Balaban J connectivity index is 2.21. The third-order valence-electron chi connectivity index (χ3n) is 3.37. The van der Waals surface area contributed by atoms with Crippen LogP contribution in [0.5, 0.6) is 0 Å². The lowest BCUT2D eigenvalue weighted by atomic mass is 10.0. The Hall–Kier alpha value is -1.38. The molecule has 2 rings (SSSR count). The Morgan fingerprint density at radius 3 is 2.17 bits per heavy atom. The average molecular weight is 264 g/mol. The fraction of sp³-hybridized carbons (Fsp3) is 0.462. The van der Waals surface area contributed by atoms with Crippen LogP contribution in [0.1, 0.15) is 18.1 Å². The molecule has 1 atom stereocenters. The van der Waals surface area contributed by atoms with Gasteiger partial charge in [0.2, 0.25) is 10.0 Å². The quantitative estimate of drug-likeness (QED) is 0.809. The second kappa shape index (κ2) is 5.09. The summed E-state index contributed by atoms with van der Waals surface area (Å²) in [5, 5.41) is 7.82. The van der Waals surface area contributed by atoms with Gasteiger partial charge in [-0.2, -0.15) is 5.26 Å². The predicted molar refractivity (Wildman–Crippen MR) is 69.4 cm³/mol. The number of nitriles is 1. The van der Waals surface area contributed by atoms with E-state index >= 15 is 0 Å². The molecule has 0 saturated heterocycles. The van der Waals surface area contributed by atoms with Crippen molar-refractivity contribution in [3.8, 4) is 6.07 Å². The molecule has 1 aromatic rings. The molecule has 0 amide bonds. The number of benzene rings is 1. The van der Waals surface area contributed by atoms with Crippen LogP contribution < -0.4 is 0 Å². The van der Waals surface area contributed by atoms with Gasteiger partial charge < -0.3 is 0 Å². The molecule has 18 heavy (non-hydrogen) atoms. The van der Waals surface area contributed by atoms with E-state index in [2.05, 4.69) is 0 Å². The van der Waals surface area contributed by atoms with Crippen LogP contribution in [0.25, 0.3) is 0 Å². The van der Waals surface area contributed by atoms with E-state index in [1.54, 1.807) is 0 Å². The number of fused-ring (bicyclic) bond motifs is 1. The van der Waals surface area contributed by atoms with E-state index in [0.29, 0.717) is 25.9 Å². The van der Waals surface area contributed by atoms with Crippen molar-refractivity contribution >= 4 is 10.0 Å². The summed E-state index contributed by atoms with van der Waals surface area (Å²) in [5.41, 5.74) is 2.42. The largest absolute Gasteiger partial charge is 0.230 e. The van der Waals surface area contributed by atoms with Crippen LogP contribution in [-0.4, -0.2) is 31.1 Å². The zero-order valence-corrected chi connectivity index (χ0v) is 11.2. The molecule has 0 fully saturated rings. The first-order valence-electron chi connectivity index (χ1n) is 6.01. The highest BCUT2D eigenvalue weighted by Crippen LogP contribution is 2.19. The lowest BCUT2D eigenvalue weighted by Gasteiger charge is -2.20. The molecule has 96 valence electrons. The predicted octanol–water partition coefficient (Wildman–Crippen LogP) is 1.33. The molecule has 0 radical (unpaired) electrons. The van der Waals surface area contributed by atoms with Crippen molar-refractivity contribution in [2.24, 2.45) is 0 Å². The van der Waals surface area contributed by atoms with Gasteiger partial charge in [-0.1, -0.05) is 24.3 Å². The van der Waals surface area contributed by atoms with E-state index in [4.69, 9.17) is 5.26 Å². The Kier molecular flexibility index (Phi) is 3.69. The lowest BCUT2D eigenvalue weighted by molar-refractivity contribution is 0.424. The van der Waals surface area contributed by atoms with Gasteiger partial charge in [0.1, 0.15) is 0 Å². The van der Waals surface area contributed by atoms with Crippen molar-refractivity contribution in [1.82, 2.24) is 4.31 Å². The zero-order valence-electron chi connectivity index (χ0n) is 10.3. The molecular weight excluding hydrogens is 248 g/mol. The van der Waals surface area contributed by atoms with Gasteiger partial charge in [-0.25, -0.2) is 12.7 Å². The summed E-state index contributed by atoms with van der Waals surface area (Å²) in [7, 11) is -3.48. The Labute approximate surface area is 108 Å². The summed E-state index contributed by atoms with van der Waals surface area (Å²) in [5.74, 6) is 0. The second-order valence-electron chi connectivity index (χ2n) is 4.48. The van der Waals surface area contributed by atoms with Gasteiger partial charge in [0.25, 0.3) is 0 Å². The van der Waals surface area contributed by atoms with E-state index in [-0.39, 0.29) is 0 Å². The molecule has 0 aliphatic carbocycles. The first kappa shape index (κ1) is 13.1. The number of rotatable bonds is 2. The molecule has 0 N–H and O–H groups in total. The smallest absolute Gasteiger partial charge is 0.211 e. The molecule has 1 aliphatic heterocycles. The maximum Gasteiger partial charge on any atom is 0.230 e. The lowest BCUT2D eigenvalue weighted by Crippen LogP contribution is -2.38. The highest BCUT2D eigenvalue weighted by Gasteiger charge is 2.29. The fourth-order valence-corrected chi connectivity index (χ4v) is 3.46. The molecule has 0 spiro atoms. The van der Waals surface area contributed by atoms with Crippen molar-refractivity contribution in [3.63, 3.8) is 0 Å². The average Bonchev–Trinajstić information content (AvgIpc) is 2.60. The molecule has 4 nitrogen and oxygen atoms in total. The standard InChI is InChI=1S/C13H16N2O2S/c1-11(10-14)18(16,17)15-8-6-12-4-2-3-5-13(12)7-9-15/h2-5,11H,6-9H2,1H3. The molecule has 0 saturated carbocycles. The van der Waals surface area contributed by atoms with Gasteiger partial charge in [-0.15, -0.1) is 0 Å². The van der Waals surface area contributed by atoms with Gasteiger partial charge in [-0.05, 0) is 30.9 Å². The normalized spacial score (nSPS) is 18.4. The van der Waals surface area contributed by atoms with Crippen molar-refractivity contribution in [3.05, 3.63) is 35.4 Å². The fourth-order valence-electron chi connectivity index (χ4n) is 2.19. The van der Waals surface area contributed by atoms with Crippen LogP contribution in [0.4, 0.5) is 0 Å². The monoisotopic (exact) mass is 264 g/mol. The summed E-state index contributed by atoms with van der Waals surface area (Å²) >= 11 is 0. The van der Waals surface area contributed by atoms with E-state index in [1.165, 1.54) is 22.4 Å². The molecule has 0 aromatic heterocycles. The number of nitrogens with zero attached hydrogens (tertiary/aromatic N) is 2. The van der Waals surface area contributed by atoms with Gasteiger partial charge in [-0.3, -0.25) is 0 Å². The van der Waals surface area contributed by atoms with Gasteiger partial charge >= 0.3 is 0 Å². The van der Waals surface area contributed by atoms with Crippen LogP contribution in [0, 0.1) is 11.3 Å². The van der Waals surface area contributed by atoms with Crippen molar-refractivity contribution in [1.29, 1.82) is 5.26 Å². The molecule has 5 heteroatoms. The molecule has 1 aromatic carbocycles. The van der Waals surface area contributed by atoms with Crippen LogP contribution in [0.15, 0.2) is 24.3 Å². The zero-order chi connectivity index (χ0) is 13.2. The minimum absolute atomic E-state index is 0.464. The topological polar surface area (TPSA) is 61.2 Å². The van der Waals surface area contributed by atoms with Crippen molar-refractivity contribution in [2.45, 2.75) is 25.0 Å². The summed E-state index contributed by atoms with van der Waals surface area (Å²) in [6.07, 6.45) is 1.43. The first-order valence-corrected chi connectivity index (χ1v) is 7.51. The van der Waals surface area contributed by atoms with E-state index in [9.17, 15) is 8.42 Å². The molecule has 1 aliphatic rings. The van der Waals surface area contributed by atoms with Crippen LogP contribution in [0.3, 0.4) is 0 Å². The SMILES string of the molecule is CC(C#N)S(=O)(=O)N1CCc2ccccc2CC1. The van der Waals surface area contributed by atoms with E-state index in [1.807, 2.05) is 30.3 Å². The second-order valence-corrected chi connectivity index (χ2v) is 6.74. The van der Waals surface area contributed by atoms with Crippen molar-refractivity contribution in [2.75, 3.05) is 13.1 Å². The minimum Gasteiger partial charge on any atom is -0.211 e. The van der Waals surface area contributed by atoms with E-state index in [0.717, 1.165) is 0 Å². The molecule has 1 unspecified atom stereocenters. The van der Waals surface area contributed by atoms with Crippen molar-refractivity contribution < 1.29 is 8.42 Å². The first-order chi connectivity index (χ1) is 8.55. The Morgan fingerprint density at radius 1 is 1.22 bits per heavy atom. The van der Waals surface area contributed by atoms with Gasteiger partial charge in [0.05, 0.1) is 6.07 Å². The number of sulfonamides is 1. The van der Waals surface area contributed by atoms with Crippen LogP contribution in [0.2, 0.25) is 0 Å². The molecular formula is C13H16N2O2S. The van der Waals surface area contributed by atoms with Crippen LogP contribution in [-0.2, 0) is 22.9 Å². The Morgan fingerprint density at radius 2 is 1.72 bits per heavy atom. The maximum atomic E-state index is 12.1. The van der Waals surface area contributed by atoms with Gasteiger partial charge in [0, 0.05) is 13.1 Å². The summed E-state index contributed by atoms with van der Waals surface area (Å²) < 4.78 is 25.7. The molecule has 1 heterocycles. The highest BCUT2D eigenvalue weighted by molar-refractivity contribution is 7.89. The summed E-state index contributed by atoms with van der Waals surface area (Å²) in [4.78, 5) is 0. The van der Waals surface area contributed by atoms with Gasteiger partial charge in [0.15, 0.2) is 5.25 Å². The maximum absolute atomic E-state index is 12.1. The van der Waals surface area contributed by atoms with E-state index < -0.39 is 15.3 Å². The summed E-state index contributed by atoms with van der Waals surface area (Å²) in [6.45, 7) is 2.37. The number of hydrogen-bond donors (Lipinski definition) is 0. The third-order valence-corrected chi connectivity index (χ3v) is 5.45. The third kappa shape index (κ3) is 2.40. The molecule has 0 bridgehead atoms. The Bertz CT molecular complexity index is 548. The van der Waals surface area contributed by atoms with Crippen LogP contribution >= 0.6 is 0 Å². The summed E-state index contributed by atoms with van der Waals surface area (Å²) in [6, 6.07) is 9.84.